The molecule has 0 aliphatic rings. The lowest BCUT2D eigenvalue weighted by Crippen LogP contribution is -1.99. The van der Waals surface area contributed by atoms with Crippen LogP contribution in [0.5, 0.6) is 0 Å². The Morgan fingerprint density at radius 3 is 2.84 bits per heavy atom. The summed E-state index contributed by atoms with van der Waals surface area (Å²) in [6, 6.07) is 1.41. The molecule has 0 unspecified atom stereocenters. The lowest BCUT2D eigenvalue weighted by atomic mass is 10.2. The van der Waals surface area contributed by atoms with E-state index in [1.165, 1.54) is 35.4 Å². The molecule has 0 aromatic carbocycles. The lowest BCUT2D eigenvalue weighted by Gasteiger charge is -1.96. The molecule has 4 rings (SSSR count). The second-order valence-electron chi connectivity index (χ2n) is 5.13. The Kier molecular flexibility index (Phi) is 3.46. The van der Waals surface area contributed by atoms with E-state index >= 15 is 0 Å². The number of hydrogen-bond donors (Lipinski definition) is 0. The van der Waals surface area contributed by atoms with Crippen LogP contribution >= 0.6 is 11.3 Å². The van der Waals surface area contributed by atoms with Gasteiger partial charge in [-0.3, -0.25) is 0 Å². The minimum Gasteiger partial charge on any atom is -0.465 e. The maximum Gasteiger partial charge on any atom is 0.348 e. The van der Waals surface area contributed by atoms with E-state index in [4.69, 9.17) is 4.74 Å². The van der Waals surface area contributed by atoms with Crippen LogP contribution in [0, 0.1) is 6.92 Å². The van der Waals surface area contributed by atoms with E-state index < -0.39 is 12.5 Å². The number of alkyl halides is 2. The van der Waals surface area contributed by atoms with Crippen LogP contribution in [0.1, 0.15) is 21.8 Å². The molecule has 4 aromatic heterocycles. The molecule has 0 atom stereocenters. The molecular formula is C14H10F2N6O2S. The highest BCUT2D eigenvalue weighted by molar-refractivity contribution is 7.20. The zero-order chi connectivity index (χ0) is 17.7. The molecule has 128 valence electrons. The Morgan fingerprint density at radius 1 is 1.36 bits per heavy atom. The lowest BCUT2D eigenvalue weighted by molar-refractivity contribution is 0.0567. The number of rotatable bonds is 3. The van der Waals surface area contributed by atoms with Crippen molar-refractivity contribution >= 4 is 33.2 Å². The Labute approximate surface area is 142 Å². The monoisotopic (exact) mass is 364 g/mol. The number of esters is 1. The maximum atomic E-state index is 12.7. The molecule has 4 aromatic rings. The van der Waals surface area contributed by atoms with Gasteiger partial charge in [0.2, 0.25) is 5.82 Å². The summed E-state index contributed by atoms with van der Waals surface area (Å²) < 4.78 is 32.1. The number of hydrogen-bond acceptors (Lipinski definition) is 7. The fourth-order valence-corrected chi connectivity index (χ4v) is 3.56. The first kappa shape index (κ1) is 15.6. The van der Waals surface area contributed by atoms with E-state index in [-0.39, 0.29) is 11.5 Å². The van der Waals surface area contributed by atoms with Crippen molar-refractivity contribution in [2.45, 2.75) is 13.5 Å². The zero-order valence-corrected chi connectivity index (χ0v) is 13.8. The number of nitrogens with zero attached hydrogens (tertiary/aromatic N) is 6. The van der Waals surface area contributed by atoms with Gasteiger partial charge in [-0.25, -0.2) is 24.0 Å². The van der Waals surface area contributed by atoms with Crippen molar-refractivity contribution in [3.8, 4) is 11.5 Å². The molecule has 0 N–H and O–H groups in total. The third-order valence-corrected chi connectivity index (χ3v) is 4.86. The fraction of sp³-hybridized carbons (Fsp3) is 0.214. The predicted molar refractivity (Wildman–Crippen MR) is 84.7 cm³/mol. The molecule has 4 heterocycles. The van der Waals surface area contributed by atoms with E-state index in [9.17, 15) is 13.6 Å². The molecule has 0 radical (unpaired) electrons. The normalized spacial score (nSPS) is 11.7. The molecule has 0 fully saturated rings. The topological polar surface area (TPSA) is 87.2 Å². The van der Waals surface area contributed by atoms with Gasteiger partial charge in [0.05, 0.1) is 12.5 Å². The summed E-state index contributed by atoms with van der Waals surface area (Å²) in [7, 11) is 1.31. The van der Waals surface area contributed by atoms with Crippen LogP contribution in [-0.2, 0) is 4.74 Å². The summed E-state index contributed by atoms with van der Waals surface area (Å²) in [5, 5.41) is 8.66. The number of ether oxygens (including phenoxy) is 1. The highest BCUT2D eigenvalue weighted by Gasteiger charge is 2.21. The highest BCUT2D eigenvalue weighted by Crippen LogP contribution is 2.32. The first-order valence-corrected chi connectivity index (χ1v) is 7.87. The minimum absolute atomic E-state index is 0.193. The van der Waals surface area contributed by atoms with Gasteiger partial charge in [-0.15, -0.1) is 16.4 Å². The number of methoxy groups -OCH3 is 1. The molecule has 0 spiro atoms. The van der Waals surface area contributed by atoms with Gasteiger partial charge in [0.25, 0.3) is 0 Å². The number of thiophene rings is 1. The molecule has 0 saturated heterocycles. The van der Waals surface area contributed by atoms with Crippen LogP contribution < -0.4 is 0 Å². The Balaban J connectivity index is 1.91. The Bertz CT molecular complexity index is 1120. The number of carbonyl (C=O) groups is 1. The van der Waals surface area contributed by atoms with Crippen molar-refractivity contribution in [2.75, 3.05) is 7.11 Å². The van der Waals surface area contributed by atoms with Gasteiger partial charge in [-0.2, -0.15) is 13.9 Å². The second-order valence-corrected chi connectivity index (χ2v) is 6.13. The number of halogens is 2. The van der Waals surface area contributed by atoms with Gasteiger partial charge < -0.3 is 4.74 Å². The average molecular weight is 364 g/mol. The molecule has 0 aliphatic heterocycles. The van der Waals surface area contributed by atoms with Crippen molar-refractivity contribution in [3.63, 3.8) is 0 Å². The SMILES string of the molecule is COC(=O)c1sc2ncn3nc(-c4ccn(C(F)F)n4)nc3c2c1C. The summed E-state index contributed by atoms with van der Waals surface area (Å²) >= 11 is 1.20. The first-order valence-electron chi connectivity index (χ1n) is 7.06. The largest absolute Gasteiger partial charge is 0.465 e. The van der Waals surface area contributed by atoms with Crippen molar-refractivity contribution < 1.29 is 18.3 Å². The van der Waals surface area contributed by atoms with Gasteiger partial charge in [-0.1, -0.05) is 0 Å². The van der Waals surface area contributed by atoms with Crippen LogP contribution in [0.15, 0.2) is 18.6 Å². The highest BCUT2D eigenvalue weighted by atomic mass is 32.1. The summed E-state index contributed by atoms with van der Waals surface area (Å²) in [5.74, 6) is -0.256. The van der Waals surface area contributed by atoms with Crippen LogP contribution in [0.4, 0.5) is 8.78 Å². The van der Waals surface area contributed by atoms with Crippen LogP contribution in [0.25, 0.3) is 27.4 Å². The summed E-state index contributed by atoms with van der Waals surface area (Å²) in [6.45, 7) is -0.965. The fourth-order valence-electron chi connectivity index (χ4n) is 2.50. The van der Waals surface area contributed by atoms with E-state index in [2.05, 4.69) is 20.2 Å². The number of aromatic nitrogens is 6. The van der Waals surface area contributed by atoms with Gasteiger partial charge in [0.1, 0.15) is 21.7 Å². The standard InChI is InChI=1S/C14H10F2N6O2S/c1-6-8-11-18-10(7-3-4-21(19-7)14(15)16)20-22(11)5-17-12(8)25-9(6)13(23)24-2/h3-5,14H,1-2H3. The summed E-state index contributed by atoms with van der Waals surface area (Å²) in [4.78, 5) is 21.6. The van der Waals surface area contributed by atoms with E-state index in [0.29, 0.717) is 31.0 Å². The van der Waals surface area contributed by atoms with Gasteiger partial charge in [0, 0.05) is 6.20 Å². The smallest absolute Gasteiger partial charge is 0.348 e. The number of carbonyl (C=O) groups excluding carboxylic acids is 1. The maximum absolute atomic E-state index is 12.7. The van der Waals surface area contributed by atoms with Crippen molar-refractivity contribution in [1.29, 1.82) is 0 Å². The van der Waals surface area contributed by atoms with Crippen molar-refractivity contribution in [3.05, 3.63) is 29.0 Å². The van der Waals surface area contributed by atoms with E-state index in [0.717, 1.165) is 6.20 Å². The van der Waals surface area contributed by atoms with Gasteiger partial charge >= 0.3 is 12.5 Å². The van der Waals surface area contributed by atoms with Crippen LogP contribution in [-0.4, -0.2) is 42.4 Å². The van der Waals surface area contributed by atoms with Crippen molar-refractivity contribution in [1.82, 2.24) is 29.4 Å². The second kappa shape index (κ2) is 5.55. The average Bonchev–Trinajstić information content (AvgIpc) is 3.29. The molecule has 0 saturated carbocycles. The molecule has 0 amide bonds. The van der Waals surface area contributed by atoms with Gasteiger partial charge in [-0.05, 0) is 18.6 Å². The number of aryl methyl sites for hydroxylation is 1. The van der Waals surface area contributed by atoms with Crippen LogP contribution in [0.2, 0.25) is 0 Å². The first-order chi connectivity index (χ1) is 12.0. The molecule has 0 bridgehead atoms. The molecule has 0 aliphatic carbocycles. The molecular weight excluding hydrogens is 354 g/mol. The number of fused-ring (bicyclic) bond motifs is 3. The summed E-state index contributed by atoms with van der Waals surface area (Å²) in [5.41, 5.74) is 1.37. The third-order valence-electron chi connectivity index (χ3n) is 3.68. The quantitative estimate of drug-likeness (QED) is 0.520. The predicted octanol–water partition coefficient (Wildman–Crippen LogP) is 2.69. The zero-order valence-electron chi connectivity index (χ0n) is 13.0. The molecule has 11 heteroatoms. The molecule has 25 heavy (non-hydrogen) atoms. The van der Waals surface area contributed by atoms with E-state index in [1.54, 1.807) is 6.92 Å². The van der Waals surface area contributed by atoms with Gasteiger partial charge in [0.15, 0.2) is 5.65 Å². The third kappa shape index (κ3) is 2.35. The molecule has 8 nitrogen and oxygen atoms in total. The Hall–Kier alpha value is -2.95. The van der Waals surface area contributed by atoms with Crippen LogP contribution in [0.3, 0.4) is 0 Å². The Morgan fingerprint density at radius 2 is 2.16 bits per heavy atom. The van der Waals surface area contributed by atoms with Crippen molar-refractivity contribution in [2.24, 2.45) is 0 Å². The van der Waals surface area contributed by atoms with E-state index in [1.807, 2.05) is 0 Å². The summed E-state index contributed by atoms with van der Waals surface area (Å²) in [6.07, 6.45) is 2.61. The minimum atomic E-state index is -2.74.